The third-order valence-corrected chi connectivity index (χ3v) is 2.70. The summed E-state index contributed by atoms with van der Waals surface area (Å²) in [5, 5.41) is 13.1. The molecule has 1 N–H and O–H groups in total. The summed E-state index contributed by atoms with van der Waals surface area (Å²) in [5.41, 5.74) is -0.771. The van der Waals surface area contributed by atoms with Crippen LogP contribution in [0.3, 0.4) is 0 Å². The standard InChI is InChI=1S/C12H7ClFN3O3/c13-8-2-1-5-15-11(8)16-12(18)7-3-4-10(17(19)20)9(14)6-7/h1-6H,(H,15,16,18). The molecule has 0 radical (unpaired) electrons. The molecular weight excluding hydrogens is 289 g/mol. The molecule has 0 aliphatic carbocycles. The van der Waals surface area contributed by atoms with E-state index in [1.54, 1.807) is 6.07 Å². The van der Waals surface area contributed by atoms with E-state index < -0.39 is 22.3 Å². The van der Waals surface area contributed by atoms with Crippen LogP contribution in [0.25, 0.3) is 0 Å². The average molecular weight is 296 g/mol. The minimum atomic E-state index is -1.09. The van der Waals surface area contributed by atoms with E-state index >= 15 is 0 Å². The zero-order valence-corrected chi connectivity index (χ0v) is 10.6. The molecule has 2 rings (SSSR count). The van der Waals surface area contributed by atoms with Gasteiger partial charge in [-0.15, -0.1) is 0 Å². The molecule has 20 heavy (non-hydrogen) atoms. The average Bonchev–Trinajstić information content (AvgIpc) is 2.40. The summed E-state index contributed by atoms with van der Waals surface area (Å²) in [7, 11) is 0. The molecule has 1 aromatic heterocycles. The van der Waals surface area contributed by atoms with E-state index in [2.05, 4.69) is 10.3 Å². The fraction of sp³-hybridized carbons (Fsp3) is 0. The second kappa shape index (κ2) is 5.62. The molecule has 2 aromatic rings. The van der Waals surface area contributed by atoms with E-state index in [4.69, 9.17) is 11.6 Å². The van der Waals surface area contributed by atoms with Gasteiger partial charge in [0.1, 0.15) is 0 Å². The number of halogens is 2. The number of benzene rings is 1. The Hall–Kier alpha value is -2.54. The number of nitrogens with zero attached hydrogens (tertiary/aromatic N) is 2. The minimum absolute atomic E-state index is 0.0742. The first-order valence-electron chi connectivity index (χ1n) is 5.35. The predicted octanol–water partition coefficient (Wildman–Crippen LogP) is 3.03. The van der Waals surface area contributed by atoms with Crippen molar-refractivity contribution in [1.29, 1.82) is 0 Å². The summed E-state index contributed by atoms with van der Waals surface area (Å²) in [5.74, 6) is -1.63. The van der Waals surface area contributed by atoms with Crippen molar-refractivity contribution in [3.8, 4) is 0 Å². The van der Waals surface area contributed by atoms with Crippen LogP contribution in [0.2, 0.25) is 5.02 Å². The molecule has 0 unspecified atom stereocenters. The number of carbonyl (C=O) groups is 1. The number of carbonyl (C=O) groups excluding carboxylic acids is 1. The Balaban J connectivity index is 2.24. The van der Waals surface area contributed by atoms with Crippen LogP contribution in [0.15, 0.2) is 36.5 Å². The third kappa shape index (κ3) is 2.89. The molecule has 0 saturated carbocycles. The van der Waals surface area contributed by atoms with Gasteiger partial charge in [0.25, 0.3) is 5.91 Å². The van der Waals surface area contributed by atoms with Crippen LogP contribution in [-0.2, 0) is 0 Å². The SMILES string of the molecule is O=C(Nc1ncccc1Cl)c1ccc([N+](=O)[O-])c(F)c1. The summed E-state index contributed by atoms with van der Waals surface area (Å²) in [6, 6.07) is 5.96. The summed E-state index contributed by atoms with van der Waals surface area (Å²) >= 11 is 5.81. The van der Waals surface area contributed by atoms with E-state index in [0.717, 1.165) is 18.2 Å². The minimum Gasteiger partial charge on any atom is -0.305 e. The van der Waals surface area contributed by atoms with Gasteiger partial charge in [0.2, 0.25) is 5.82 Å². The van der Waals surface area contributed by atoms with Gasteiger partial charge in [-0.3, -0.25) is 14.9 Å². The molecule has 1 amide bonds. The molecule has 0 fully saturated rings. The first-order valence-corrected chi connectivity index (χ1v) is 5.72. The van der Waals surface area contributed by atoms with Crippen molar-refractivity contribution in [2.24, 2.45) is 0 Å². The van der Waals surface area contributed by atoms with Gasteiger partial charge in [-0.2, -0.15) is 4.39 Å². The number of rotatable bonds is 3. The number of aromatic nitrogens is 1. The number of hydrogen-bond acceptors (Lipinski definition) is 4. The number of anilines is 1. The maximum atomic E-state index is 13.4. The quantitative estimate of drug-likeness (QED) is 0.696. The highest BCUT2D eigenvalue weighted by Gasteiger charge is 2.17. The van der Waals surface area contributed by atoms with Crippen molar-refractivity contribution in [3.63, 3.8) is 0 Å². The number of nitro groups is 1. The molecule has 1 aromatic carbocycles. The fourth-order valence-electron chi connectivity index (χ4n) is 1.45. The van der Waals surface area contributed by atoms with Gasteiger partial charge >= 0.3 is 5.69 Å². The predicted molar refractivity (Wildman–Crippen MR) is 70.3 cm³/mol. The first kappa shape index (κ1) is 13.9. The van der Waals surface area contributed by atoms with Crippen LogP contribution in [-0.4, -0.2) is 15.8 Å². The Morgan fingerprint density at radius 2 is 2.15 bits per heavy atom. The Morgan fingerprint density at radius 1 is 1.40 bits per heavy atom. The van der Waals surface area contributed by atoms with Crippen LogP contribution in [0.4, 0.5) is 15.9 Å². The topological polar surface area (TPSA) is 85.1 Å². The Labute approximate surface area is 117 Å². The lowest BCUT2D eigenvalue weighted by molar-refractivity contribution is -0.387. The number of hydrogen-bond donors (Lipinski definition) is 1. The number of nitro benzene ring substituents is 1. The summed E-state index contributed by atoms with van der Waals surface area (Å²) in [6.07, 6.45) is 1.43. The van der Waals surface area contributed by atoms with Gasteiger partial charge in [0.15, 0.2) is 5.82 Å². The molecule has 0 saturated heterocycles. The highest BCUT2D eigenvalue weighted by molar-refractivity contribution is 6.33. The van der Waals surface area contributed by atoms with Crippen molar-refractivity contribution >= 4 is 29.0 Å². The molecule has 6 nitrogen and oxygen atoms in total. The molecule has 0 bridgehead atoms. The number of amides is 1. The fourth-order valence-corrected chi connectivity index (χ4v) is 1.62. The normalized spacial score (nSPS) is 10.1. The van der Waals surface area contributed by atoms with Crippen LogP contribution in [0.1, 0.15) is 10.4 Å². The lowest BCUT2D eigenvalue weighted by atomic mass is 10.2. The van der Waals surface area contributed by atoms with Gasteiger partial charge in [0.05, 0.1) is 9.95 Å². The molecule has 0 aliphatic rings. The molecule has 0 spiro atoms. The molecule has 102 valence electrons. The van der Waals surface area contributed by atoms with Gasteiger partial charge in [0, 0.05) is 17.8 Å². The van der Waals surface area contributed by atoms with Gasteiger partial charge in [-0.25, -0.2) is 4.98 Å². The molecule has 0 atom stereocenters. The molecular formula is C12H7ClFN3O3. The van der Waals surface area contributed by atoms with E-state index in [9.17, 15) is 19.3 Å². The maximum absolute atomic E-state index is 13.4. The zero-order chi connectivity index (χ0) is 14.7. The highest BCUT2D eigenvalue weighted by atomic mass is 35.5. The second-order valence-electron chi connectivity index (χ2n) is 3.71. The van der Waals surface area contributed by atoms with E-state index in [1.807, 2.05) is 0 Å². The van der Waals surface area contributed by atoms with Gasteiger partial charge < -0.3 is 5.32 Å². The number of pyridine rings is 1. The summed E-state index contributed by atoms with van der Waals surface area (Å²) < 4.78 is 13.4. The molecule has 0 aliphatic heterocycles. The van der Waals surface area contributed by atoms with Crippen molar-refractivity contribution in [3.05, 3.63) is 63.0 Å². The maximum Gasteiger partial charge on any atom is 0.304 e. The monoisotopic (exact) mass is 295 g/mol. The van der Waals surface area contributed by atoms with Gasteiger partial charge in [-0.1, -0.05) is 11.6 Å². The Kier molecular flexibility index (Phi) is 3.90. The van der Waals surface area contributed by atoms with Crippen molar-refractivity contribution in [2.75, 3.05) is 5.32 Å². The van der Waals surface area contributed by atoms with Gasteiger partial charge in [-0.05, 0) is 24.3 Å². The lowest BCUT2D eigenvalue weighted by Crippen LogP contribution is -2.13. The van der Waals surface area contributed by atoms with Crippen LogP contribution in [0.5, 0.6) is 0 Å². The second-order valence-corrected chi connectivity index (χ2v) is 4.12. The first-order chi connectivity index (χ1) is 9.49. The van der Waals surface area contributed by atoms with Crippen molar-refractivity contribution < 1.29 is 14.1 Å². The van der Waals surface area contributed by atoms with E-state index in [1.165, 1.54) is 12.3 Å². The highest BCUT2D eigenvalue weighted by Crippen LogP contribution is 2.21. The van der Waals surface area contributed by atoms with Crippen molar-refractivity contribution in [1.82, 2.24) is 4.98 Å². The Bertz CT molecular complexity index is 693. The lowest BCUT2D eigenvalue weighted by Gasteiger charge is -2.05. The van der Waals surface area contributed by atoms with E-state index in [0.29, 0.717) is 0 Å². The van der Waals surface area contributed by atoms with E-state index in [-0.39, 0.29) is 16.4 Å². The van der Waals surface area contributed by atoms with Crippen molar-refractivity contribution in [2.45, 2.75) is 0 Å². The zero-order valence-electron chi connectivity index (χ0n) is 9.84. The molecule has 1 heterocycles. The summed E-state index contributed by atoms with van der Waals surface area (Å²) in [4.78, 5) is 25.3. The number of nitrogens with one attached hydrogen (secondary N) is 1. The van der Waals surface area contributed by atoms with Crippen LogP contribution < -0.4 is 5.32 Å². The van der Waals surface area contributed by atoms with Crippen LogP contribution in [0, 0.1) is 15.9 Å². The molecule has 8 heteroatoms. The van der Waals surface area contributed by atoms with Crippen LogP contribution >= 0.6 is 11.6 Å². The summed E-state index contributed by atoms with van der Waals surface area (Å²) in [6.45, 7) is 0. The third-order valence-electron chi connectivity index (χ3n) is 2.40. The smallest absolute Gasteiger partial charge is 0.304 e. The Morgan fingerprint density at radius 3 is 2.75 bits per heavy atom. The largest absolute Gasteiger partial charge is 0.305 e.